The lowest BCUT2D eigenvalue weighted by Gasteiger charge is -2.15. The minimum absolute atomic E-state index is 0.380. The largest absolute Gasteiger partial charge is 0.367 e. The highest BCUT2D eigenvalue weighted by molar-refractivity contribution is 7.99. The number of nitrogens with zero attached hydrogens (tertiary/aromatic N) is 2. The average Bonchev–Trinajstić information content (AvgIpc) is 2.36. The summed E-state index contributed by atoms with van der Waals surface area (Å²) in [6, 6.07) is 2.22. The second-order valence-corrected chi connectivity index (χ2v) is 5.47. The molecule has 1 aromatic rings. The maximum atomic E-state index is 5.42. The number of aryl methyl sites for hydroxylation is 1. The number of nitrogens with one attached hydrogen (secondary N) is 2. The van der Waals surface area contributed by atoms with Crippen molar-refractivity contribution < 1.29 is 0 Å². The highest BCUT2D eigenvalue weighted by Gasteiger charge is 2.06. The monoisotopic (exact) mass is 269 g/mol. The number of hydrazine groups is 1. The lowest BCUT2D eigenvalue weighted by atomic mass is 10.3. The molecular weight excluding hydrogens is 246 g/mol. The molecule has 5 nitrogen and oxygen atoms in total. The standard InChI is InChI=1S/C12H23N5S/c1-4-6-10-15-11(7-12(16-10)17-13)14-9(3)8-18-5-2/h7,9H,4-6,8,13H2,1-3H3,(H2,14,15,16,17). The molecule has 1 heterocycles. The summed E-state index contributed by atoms with van der Waals surface area (Å²) in [5.41, 5.74) is 2.59. The van der Waals surface area contributed by atoms with E-state index in [9.17, 15) is 0 Å². The molecule has 0 saturated carbocycles. The van der Waals surface area contributed by atoms with Crippen molar-refractivity contribution in [1.82, 2.24) is 9.97 Å². The van der Waals surface area contributed by atoms with Crippen molar-refractivity contribution in [3.63, 3.8) is 0 Å². The van der Waals surface area contributed by atoms with E-state index < -0.39 is 0 Å². The number of aromatic nitrogens is 2. The van der Waals surface area contributed by atoms with E-state index in [1.807, 2.05) is 17.8 Å². The van der Waals surface area contributed by atoms with E-state index in [1.54, 1.807) is 0 Å². The van der Waals surface area contributed by atoms with Crippen molar-refractivity contribution in [2.45, 2.75) is 39.7 Å². The van der Waals surface area contributed by atoms with Gasteiger partial charge < -0.3 is 10.7 Å². The van der Waals surface area contributed by atoms with Crippen LogP contribution in [0.4, 0.5) is 11.6 Å². The fourth-order valence-corrected chi connectivity index (χ4v) is 2.24. The molecule has 0 aliphatic heterocycles. The number of nitrogen functional groups attached to an aromatic ring is 1. The Labute approximate surface area is 113 Å². The predicted octanol–water partition coefficient (Wildman–Crippen LogP) is 2.27. The zero-order valence-electron chi connectivity index (χ0n) is 11.4. The first-order valence-corrected chi connectivity index (χ1v) is 7.53. The van der Waals surface area contributed by atoms with Crippen LogP contribution in [0.5, 0.6) is 0 Å². The highest BCUT2D eigenvalue weighted by Crippen LogP contribution is 2.14. The van der Waals surface area contributed by atoms with Crippen LogP contribution in [-0.2, 0) is 6.42 Å². The minimum atomic E-state index is 0.380. The Hall–Kier alpha value is -1.01. The van der Waals surface area contributed by atoms with Crippen molar-refractivity contribution in [3.8, 4) is 0 Å². The summed E-state index contributed by atoms with van der Waals surface area (Å²) in [5, 5.41) is 3.38. The third-order valence-corrected chi connectivity index (χ3v) is 3.50. The minimum Gasteiger partial charge on any atom is -0.367 e. The van der Waals surface area contributed by atoms with E-state index in [1.165, 1.54) is 0 Å². The first-order valence-electron chi connectivity index (χ1n) is 6.38. The molecule has 0 radical (unpaired) electrons. The SMILES string of the molecule is CCCc1nc(NN)cc(NC(C)CSCC)n1. The van der Waals surface area contributed by atoms with Crippen LogP contribution in [0.3, 0.4) is 0 Å². The summed E-state index contributed by atoms with van der Waals surface area (Å²) in [6.45, 7) is 6.43. The fourth-order valence-electron chi connectivity index (χ4n) is 1.57. The summed E-state index contributed by atoms with van der Waals surface area (Å²) in [4.78, 5) is 8.81. The molecule has 0 fully saturated rings. The molecule has 6 heteroatoms. The van der Waals surface area contributed by atoms with Gasteiger partial charge in [0.05, 0.1) is 0 Å². The third kappa shape index (κ3) is 5.10. The highest BCUT2D eigenvalue weighted by atomic mass is 32.2. The van der Waals surface area contributed by atoms with Crippen LogP contribution in [0.1, 0.15) is 33.0 Å². The van der Waals surface area contributed by atoms with Crippen molar-refractivity contribution >= 4 is 23.4 Å². The molecule has 4 N–H and O–H groups in total. The first-order chi connectivity index (χ1) is 8.69. The molecule has 1 aromatic heterocycles. The van der Waals surface area contributed by atoms with Gasteiger partial charge in [-0.3, -0.25) is 0 Å². The van der Waals surface area contributed by atoms with E-state index in [0.717, 1.165) is 36.0 Å². The fraction of sp³-hybridized carbons (Fsp3) is 0.667. The van der Waals surface area contributed by atoms with Gasteiger partial charge in [0.1, 0.15) is 17.5 Å². The average molecular weight is 269 g/mol. The van der Waals surface area contributed by atoms with Crippen molar-refractivity contribution in [2.24, 2.45) is 5.84 Å². The molecule has 102 valence electrons. The van der Waals surface area contributed by atoms with Gasteiger partial charge in [0.15, 0.2) is 0 Å². The molecule has 0 bridgehead atoms. The Morgan fingerprint density at radius 1 is 1.33 bits per heavy atom. The molecule has 0 spiro atoms. The first kappa shape index (κ1) is 15.0. The molecule has 18 heavy (non-hydrogen) atoms. The van der Waals surface area contributed by atoms with Crippen molar-refractivity contribution in [3.05, 3.63) is 11.9 Å². The lowest BCUT2D eigenvalue weighted by Crippen LogP contribution is -2.20. The Balaban J connectivity index is 2.71. The molecule has 0 saturated heterocycles. The van der Waals surface area contributed by atoms with Gasteiger partial charge in [-0.15, -0.1) is 0 Å². The number of rotatable bonds is 8. The summed E-state index contributed by atoms with van der Waals surface area (Å²) >= 11 is 1.91. The normalized spacial score (nSPS) is 12.2. The number of thioether (sulfide) groups is 1. The lowest BCUT2D eigenvalue weighted by molar-refractivity contribution is 0.825. The molecule has 1 atom stereocenters. The van der Waals surface area contributed by atoms with Crippen LogP contribution >= 0.6 is 11.8 Å². The maximum absolute atomic E-state index is 5.42. The van der Waals surface area contributed by atoms with Gasteiger partial charge in [-0.05, 0) is 19.1 Å². The van der Waals surface area contributed by atoms with Crippen molar-refractivity contribution in [1.29, 1.82) is 0 Å². The number of hydrogen-bond donors (Lipinski definition) is 3. The van der Waals surface area contributed by atoms with Gasteiger partial charge in [-0.2, -0.15) is 11.8 Å². The van der Waals surface area contributed by atoms with Crippen LogP contribution < -0.4 is 16.6 Å². The molecule has 0 aromatic carbocycles. The molecule has 1 rings (SSSR count). The van der Waals surface area contributed by atoms with Crippen LogP contribution in [0.15, 0.2) is 6.07 Å². The van der Waals surface area contributed by atoms with Gasteiger partial charge in [0.2, 0.25) is 0 Å². The van der Waals surface area contributed by atoms with E-state index in [2.05, 4.69) is 41.5 Å². The van der Waals surface area contributed by atoms with Gasteiger partial charge in [0.25, 0.3) is 0 Å². The Morgan fingerprint density at radius 2 is 2.06 bits per heavy atom. The van der Waals surface area contributed by atoms with Crippen LogP contribution in [0.2, 0.25) is 0 Å². The van der Waals surface area contributed by atoms with E-state index in [4.69, 9.17) is 5.84 Å². The Bertz CT molecular complexity index is 358. The van der Waals surface area contributed by atoms with E-state index >= 15 is 0 Å². The molecular formula is C12H23N5S. The van der Waals surface area contributed by atoms with Gasteiger partial charge in [-0.1, -0.05) is 13.8 Å². The van der Waals surface area contributed by atoms with Crippen LogP contribution in [0, 0.1) is 0 Å². The quantitative estimate of drug-likeness (QED) is 0.496. The molecule has 0 aliphatic carbocycles. The Morgan fingerprint density at radius 3 is 2.67 bits per heavy atom. The molecule has 0 amide bonds. The molecule has 0 aliphatic rings. The number of hydrogen-bond acceptors (Lipinski definition) is 6. The van der Waals surface area contributed by atoms with Gasteiger partial charge in [-0.25, -0.2) is 15.8 Å². The van der Waals surface area contributed by atoms with Gasteiger partial charge in [0, 0.05) is 24.3 Å². The predicted molar refractivity (Wildman–Crippen MR) is 79.9 cm³/mol. The maximum Gasteiger partial charge on any atom is 0.145 e. The molecule has 1 unspecified atom stereocenters. The van der Waals surface area contributed by atoms with Crippen molar-refractivity contribution in [2.75, 3.05) is 22.2 Å². The van der Waals surface area contributed by atoms with Gasteiger partial charge >= 0.3 is 0 Å². The summed E-state index contributed by atoms with van der Waals surface area (Å²) in [7, 11) is 0. The van der Waals surface area contributed by atoms with E-state index in [0.29, 0.717) is 11.9 Å². The summed E-state index contributed by atoms with van der Waals surface area (Å²) in [5.74, 6) is 9.94. The zero-order valence-corrected chi connectivity index (χ0v) is 12.2. The zero-order chi connectivity index (χ0) is 13.4. The smallest absolute Gasteiger partial charge is 0.145 e. The Kier molecular flexibility index (Phi) is 6.82. The number of anilines is 2. The van der Waals surface area contributed by atoms with E-state index in [-0.39, 0.29) is 0 Å². The summed E-state index contributed by atoms with van der Waals surface area (Å²) < 4.78 is 0. The second-order valence-electron chi connectivity index (χ2n) is 4.15. The van der Waals surface area contributed by atoms with Crippen LogP contribution in [-0.4, -0.2) is 27.5 Å². The van der Waals surface area contributed by atoms with Crippen LogP contribution in [0.25, 0.3) is 0 Å². The number of nitrogens with two attached hydrogens (primary N) is 1. The second kappa shape index (κ2) is 8.16. The third-order valence-electron chi connectivity index (χ3n) is 2.36. The summed E-state index contributed by atoms with van der Waals surface area (Å²) in [6.07, 6.45) is 1.89. The topological polar surface area (TPSA) is 75.9 Å².